The van der Waals surface area contributed by atoms with Crippen LogP contribution in [-0.2, 0) is 14.6 Å². The number of fused-ring (bicyclic) bond motifs is 1. The second-order valence-electron chi connectivity index (χ2n) is 3.81. The second kappa shape index (κ2) is 3.48. The van der Waals surface area contributed by atoms with Crippen molar-refractivity contribution < 1.29 is 13.2 Å². The molecule has 1 heterocycles. The lowest BCUT2D eigenvalue weighted by molar-refractivity contribution is -0.116. The maximum Gasteiger partial charge on any atom is 0.246 e. The molecule has 1 unspecified atom stereocenters. The molecule has 1 aromatic carbocycles. The van der Waals surface area contributed by atoms with E-state index in [2.05, 4.69) is 10.6 Å². The van der Waals surface area contributed by atoms with Gasteiger partial charge in [-0.2, -0.15) is 0 Å². The molecule has 1 aliphatic heterocycles. The number of carbonyl (C=O) groups excluding carboxylic acids is 1. The number of amides is 1. The van der Waals surface area contributed by atoms with Gasteiger partial charge in [0.25, 0.3) is 0 Å². The van der Waals surface area contributed by atoms with Crippen molar-refractivity contribution in [2.45, 2.75) is 17.9 Å². The number of nitrogens with one attached hydrogen (secondary N) is 2. The molecule has 0 bridgehead atoms. The Bertz CT molecular complexity index is 551. The van der Waals surface area contributed by atoms with Gasteiger partial charge < -0.3 is 10.6 Å². The smallest absolute Gasteiger partial charge is 0.246 e. The summed E-state index contributed by atoms with van der Waals surface area (Å²) in [6.45, 7) is 1.71. The van der Waals surface area contributed by atoms with Crippen LogP contribution >= 0.6 is 0 Å². The number of anilines is 2. The molecule has 1 aromatic rings. The number of rotatable bonds is 1. The third-order valence-electron chi connectivity index (χ3n) is 2.44. The molecule has 0 radical (unpaired) electrons. The zero-order chi connectivity index (χ0) is 11.9. The Kier molecular flexibility index (Phi) is 2.38. The van der Waals surface area contributed by atoms with Crippen LogP contribution in [0.15, 0.2) is 23.1 Å². The first-order valence-corrected chi connectivity index (χ1v) is 6.69. The van der Waals surface area contributed by atoms with Crippen molar-refractivity contribution in [2.24, 2.45) is 0 Å². The van der Waals surface area contributed by atoms with Crippen molar-refractivity contribution in [3.05, 3.63) is 18.2 Å². The van der Waals surface area contributed by atoms with Gasteiger partial charge in [-0.1, -0.05) is 6.07 Å². The summed E-state index contributed by atoms with van der Waals surface area (Å²) in [6, 6.07) is 4.50. The lowest BCUT2D eigenvalue weighted by Gasteiger charge is -2.25. The van der Waals surface area contributed by atoms with Gasteiger partial charge in [-0.25, -0.2) is 8.42 Å². The summed E-state index contributed by atoms with van der Waals surface area (Å²) in [5, 5.41) is 5.55. The third kappa shape index (κ3) is 1.76. The average Bonchev–Trinajstić information content (AvgIpc) is 2.17. The molecule has 0 saturated heterocycles. The van der Waals surface area contributed by atoms with Crippen LogP contribution in [0.2, 0.25) is 0 Å². The number of benzene rings is 1. The second-order valence-corrected chi connectivity index (χ2v) is 5.79. The Labute approximate surface area is 93.8 Å². The van der Waals surface area contributed by atoms with Gasteiger partial charge in [0.05, 0.1) is 16.3 Å². The van der Waals surface area contributed by atoms with E-state index < -0.39 is 9.84 Å². The van der Waals surface area contributed by atoms with Crippen LogP contribution < -0.4 is 10.6 Å². The first-order chi connectivity index (χ1) is 7.39. The first kappa shape index (κ1) is 10.9. The molecule has 86 valence electrons. The largest absolute Gasteiger partial charge is 0.372 e. The van der Waals surface area contributed by atoms with Gasteiger partial charge >= 0.3 is 0 Å². The Morgan fingerprint density at radius 3 is 2.62 bits per heavy atom. The molecule has 1 aliphatic rings. The molecule has 1 atom stereocenters. The molecule has 2 rings (SSSR count). The summed E-state index contributed by atoms with van der Waals surface area (Å²) in [6.07, 6.45) is 1.12. The van der Waals surface area contributed by atoms with E-state index in [-0.39, 0.29) is 16.8 Å². The van der Waals surface area contributed by atoms with Crippen LogP contribution in [0.3, 0.4) is 0 Å². The zero-order valence-electron chi connectivity index (χ0n) is 8.94. The third-order valence-corrected chi connectivity index (χ3v) is 3.58. The monoisotopic (exact) mass is 240 g/mol. The number of hydrogen-bond donors (Lipinski definition) is 2. The predicted molar refractivity (Wildman–Crippen MR) is 61.3 cm³/mol. The van der Waals surface area contributed by atoms with Gasteiger partial charge in [-0.3, -0.25) is 4.79 Å². The highest BCUT2D eigenvalue weighted by Gasteiger charge is 2.26. The summed E-state index contributed by atoms with van der Waals surface area (Å²) >= 11 is 0. The van der Waals surface area contributed by atoms with Crippen LogP contribution in [0.25, 0.3) is 0 Å². The molecule has 0 spiro atoms. The number of para-hydroxylation sites is 1. The summed E-state index contributed by atoms with van der Waals surface area (Å²) in [5.74, 6) is -0.233. The molecule has 5 nitrogen and oxygen atoms in total. The van der Waals surface area contributed by atoms with Gasteiger partial charge in [-0.05, 0) is 19.1 Å². The maximum absolute atomic E-state index is 11.5. The normalized spacial score (nSPS) is 19.6. The Hall–Kier alpha value is -1.56. The minimum atomic E-state index is -3.34. The fourth-order valence-corrected chi connectivity index (χ4v) is 2.48. The molecule has 2 N–H and O–H groups in total. The standard InChI is InChI=1S/C10H12N2O3S/c1-6-10(13)12-9-7(11-6)4-3-5-8(9)16(2,14)15/h3-6,11H,1-2H3,(H,12,13). The predicted octanol–water partition coefficient (Wildman–Crippen LogP) is 0.843. The fourth-order valence-electron chi connectivity index (χ4n) is 1.62. The van der Waals surface area contributed by atoms with Gasteiger partial charge in [-0.15, -0.1) is 0 Å². The molecule has 1 amide bonds. The van der Waals surface area contributed by atoms with Crippen molar-refractivity contribution >= 4 is 27.1 Å². The highest BCUT2D eigenvalue weighted by molar-refractivity contribution is 7.90. The van der Waals surface area contributed by atoms with E-state index in [1.165, 1.54) is 6.07 Å². The van der Waals surface area contributed by atoms with E-state index in [4.69, 9.17) is 0 Å². The number of carbonyl (C=O) groups is 1. The van der Waals surface area contributed by atoms with E-state index in [9.17, 15) is 13.2 Å². The number of sulfone groups is 1. The highest BCUT2D eigenvalue weighted by atomic mass is 32.2. The van der Waals surface area contributed by atoms with E-state index in [0.717, 1.165) is 6.26 Å². The van der Waals surface area contributed by atoms with E-state index >= 15 is 0 Å². The zero-order valence-corrected chi connectivity index (χ0v) is 9.76. The van der Waals surface area contributed by atoms with E-state index in [0.29, 0.717) is 11.4 Å². The SMILES string of the molecule is CC1Nc2cccc(S(C)(=O)=O)c2NC1=O. The maximum atomic E-state index is 11.5. The summed E-state index contributed by atoms with van der Waals surface area (Å²) in [5.41, 5.74) is 0.975. The topological polar surface area (TPSA) is 75.3 Å². The quantitative estimate of drug-likeness (QED) is 0.762. The molecular weight excluding hydrogens is 228 g/mol. The Balaban J connectivity index is 2.62. The fraction of sp³-hybridized carbons (Fsp3) is 0.300. The first-order valence-electron chi connectivity index (χ1n) is 4.80. The summed E-state index contributed by atoms with van der Waals surface area (Å²) in [4.78, 5) is 11.6. The van der Waals surface area contributed by atoms with Crippen LogP contribution in [0.4, 0.5) is 11.4 Å². The summed E-state index contributed by atoms with van der Waals surface area (Å²) in [7, 11) is -3.34. The summed E-state index contributed by atoms with van der Waals surface area (Å²) < 4.78 is 23.0. The van der Waals surface area contributed by atoms with Crippen molar-refractivity contribution in [3.63, 3.8) is 0 Å². The van der Waals surface area contributed by atoms with E-state index in [1.807, 2.05) is 0 Å². The van der Waals surface area contributed by atoms with Crippen LogP contribution in [-0.4, -0.2) is 26.6 Å². The molecule has 0 saturated carbocycles. The van der Waals surface area contributed by atoms with Gasteiger partial charge in [0.15, 0.2) is 9.84 Å². The van der Waals surface area contributed by atoms with E-state index in [1.54, 1.807) is 19.1 Å². The highest BCUT2D eigenvalue weighted by Crippen LogP contribution is 2.32. The van der Waals surface area contributed by atoms with Crippen molar-refractivity contribution in [1.29, 1.82) is 0 Å². The average molecular weight is 240 g/mol. The van der Waals surface area contributed by atoms with Crippen molar-refractivity contribution in [3.8, 4) is 0 Å². The van der Waals surface area contributed by atoms with Crippen molar-refractivity contribution in [1.82, 2.24) is 0 Å². The molecule has 0 aliphatic carbocycles. The van der Waals surface area contributed by atoms with Crippen LogP contribution in [0.5, 0.6) is 0 Å². The van der Waals surface area contributed by atoms with Gasteiger partial charge in [0, 0.05) is 6.26 Å². The Morgan fingerprint density at radius 1 is 1.31 bits per heavy atom. The minimum absolute atomic E-state index is 0.137. The molecular formula is C10H12N2O3S. The van der Waals surface area contributed by atoms with Gasteiger partial charge in [0.1, 0.15) is 6.04 Å². The lowest BCUT2D eigenvalue weighted by atomic mass is 10.1. The van der Waals surface area contributed by atoms with Crippen molar-refractivity contribution in [2.75, 3.05) is 16.9 Å². The molecule has 6 heteroatoms. The minimum Gasteiger partial charge on any atom is -0.372 e. The Morgan fingerprint density at radius 2 is 2.00 bits per heavy atom. The molecule has 16 heavy (non-hydrogen) atoms. The van der Waals surface area contributed by atoms with Crippen LogP contribution in [0, 0.1) is 0 Å². The molecule has 0 fully saturated rings. The van der Waals surface area contributed by atoms with Crippen LogP contribution in [0.1, 0.15) is 6.92 Å². The lowest BCUT2D eigenvalue weighted by Crippen LogP contribution is -2.36. The number of hydrogen-bond acceptors (Lipinski definition) is 4. The molecule has 0 aromatic heterocycles. The van der Waals surface area contributed by atoms with Gasteiger partial charge in [0.2, 0.25) is 5.91 Å².